The number of nitriles is 1. The van der Waals surface area contributed by atoms with Gasteiger partial charge in [0.1, 0.15) is 6.54 Å². The summed E-state index contributed by atoms with van der Waals surface area (Å²) in [5.41, 5.74) is 1.11. The van der Waals surface area contributed by atoms with Crippen LogP contribution in [0.4, 0.5) is 10.1 Å². The average molecular weight is 564 g/mol. The van der Waals surface area contributed by atoms with E-state index < -0.39 is 39.8 Å². The molecular formula is C30H30FN3O5S. The van der Waals surface area contributed by atoms with Gasteiger partial charge < -0.3 is 4.74 Å². The minimum Gasteiger partial charge on any atom is -0.468 e. The van der Waals surface area contributed by atoms with Crippen molar-refractivity contribution in [3.63, 3.8) is 0 Å². The number of rotatable bonds is 8. The van der Waals surface area contributed by atoms with Crippen molar-refractivity contribution in [1.29, 1.82) is 5.26 Å². The zero-order valence-electron chi connectivity index (χ0n) is 22.9. The summed E-state index contributed by atoms with van der Waals surface area (Å²) < 4.78 is 49.0. The van der Waals surface area contributed by atoms with Crippen molar-refractivity contribution in [3.05, 3.63) is 89.8 Å². The van der Waals surface area contributed by atoms with Crippen molar-refractivity contribution in [2.45, 2.75) is 38.1 Å². The van der Waals surface area contributed by atoms with E-state index in [9.17, 15) is 18.0 Å². The van der Waals surface area contributed by atoms with Crippen molar-refractivity contribution >= 4 is 33.2 Å². The van der Waals surface area contributed by atoms with E-state index in [2.05, 4.69) is 4.72 Å². The SMILES string of the molecule is COC(=O)CN(C(=O)/C(F)=C(/C)c1cccc(C#N)c1)c1ccc(-c2ccccc2S(=O)(=O)NC(C)(C)C)cc1. The fourth-order valence-electron chi connectivity index (χ4n) is 3.92. The number of nitrogens with zero attached hydrogens (tertiary/aromatic N) is 2. The third-order valence-corrected chi connectivity index (χ3v) is 7.62. The zero-order chi connectivity index (χ0) is 29.7. The summed E-state index contributed by atoms with van der Waals surface area (Å²) in [6, 6.07) is 20.8. The monoisotopic (exact) mass is 563 g/mol. The highest BCUT2D eigenvalue weighted by Gasteiger charge is 2.27. The fourth-order valence-corrected chi connectivity index (χ4v) is 5.57. The Morgan fingerprint density at radius 1 is 1.02 bits per heavy atom. The molecule has 10 heteroatoms. The molecule has 1 amide bonds. The van der Waals surface area contributed by atoms with Crippen molar-refractivity contribution < 1.29 is 27.1 Å². The largest absolute Gasteiger partial charge is 0.468 e. The summed E-state index contributed by atoms with van der Waals surface area (Å²) >= 11 is 0. The summed E-state index contributed by atoms with van der Waals surface area (Å²) in [6.45, 7) is 6.07. The normalized spacial score (nSPS) is 12.2. The summed E-state index contributed by atoms with van der Waals surface area (Å²) in [7, 11) is -2.71. The maximum atomic E-state index is 15.4. The third-order valence-electron chi connectivity index (χ3n) is 5.81. The first-order valence-electron chi connectivity index (χ1n) is 12.3. The molecule has 0 saturated carbocycles. The number of carbonyl (C=O) groups is 2. The molecular weight excluding hydrogens is 533 g/mol. The van der Waals surface area contributed by atoms with Crippen molar-refractivity contribution in [2.24, 2.45) is 0 Å². The predicted molar refractivity (Wildman–Crippen MR) is 151 cm³/mol. The first kappa shape index (κ1) is 30.2. The van der Waals surface area contributed by atoms with Gasteiger partial charge in [-0.15, -0.1) is 0 Å². The lowest BCUT2D eigenvalue weighted by Gasteiger charge is -2.23. The Bertz CT molecular complexity index is 1600. The molecule has 3 aromatic rings. The van der Waals surface area contributed by atoms with Gasteiger partial charge in [0.2, 0.25) is 10.0 Å². The van der Waals surface area contributed by atoms with Crippen molar-refractivity contribution in [2.75, 3.05) is 18.6 Å². The van der Waals surface area contributed by atoms with Gasteiger partial charge in [-0.3, -0.25) is 14.5 Å². The molecule has 0 fully saturated rings. The minimum atomic E-state index is -3.86. The second kappa shape index (κ2) is 12.2. The highest BCUT2D eigenvalue weighted by molar-refractivity contribution is 7.89. The van der Waals surface area contributed by atoms with Crippen LogP contribution in [0.5, 0.6) is 0 Å². The number of amides is 1. The molecule has 8 nitrogen and oxygen atoms in total. The Balaban J connectivity index is 2.03. The van der Waals surface area contributed by atoms with Crippen molar-refractivity contribution in [3.8, 4) is 17.2 Å². The second-order valence-electron chi connectivity index (χ2n) is 10.00. The number of allylic oxidation sites excluding steroid dienone is 1. The van der Waals surface area contributed by atoms with E-state index in [1.165, 1.54) is 31.2 Å². The van der Waals surface area contributed by atoms with Gasteiger partial charge in [-0.05, 0) is 74.7 Å². The Labute approximate surface area is 233 Å². The van der Waals surface area contributed by atoms with Crippen LogP contribution in [0.1, 0.15) is 38.8 Å². The Hall–Kier alpha value is -4.33. The number of carbonyl (C=O) groups excluding carboxylic acids is 2. The third kappa shape index (κ3) is 7.20. The number of ether oxygens (including phenoxy) is 1. The summed E-state index contributed by atoms with van der Waals surface area (Å²) in [4.78, 5) is 26.4. The topological polar surface area (TPSA) is 117 Å². The van der Waals surface area contributed by atoms with E-state index in [4.69, 9.17) is 10.00 Å². The van der Waals surface area contributed by atoms with Crippen LogP contribution >= 0.6 is 0 Å². The molecule has 1 N–H and O–H groups in total. The van der Waals surface area contributed by atoms with Gasteiger partial charge in [0.15, 0.2) is 5.83 Å². The molecule has 0 spiro atoms. The average Bonchev–Trinajstić information content (AvgIpc) is 2.93. The molecule has 0 aliphatic rings. The zero-order valence-corrected chi connectivity index (χ0v) is 23.7. The van der Waals surface area contributed by atoms with E-state index in [0.29, 0.717) is 22.3 Å². The summed E-state index contributed by atoms with van der Waals surface area (Å²) in [5.74, 6) is -2.94. The van der Waals surface area contributed by atoms with Crippen molar-refractivity contribution in [1.82, 2.24) is 4.72 Å². The number of methoxy groups -OCH3 is 1. The maximum absolute atomic E-state index is 15.4. The van der Waals surface area contributed by atoms with Crippen LogP contribution in [-0.4, -0.2) is 39.5 Å². The molecule has 0 aliphatic heterocycles. The lowest BCUT2D eigenvalue weighted by atomic mass is 10.0. The molecule has 0 saturated heterocycles. The van der Waals surface area contributed by atoms with Crippen LogP contribution in [0.3, 0.4) is 0 Å². The predicted octanol–water partition coefficient (Wildman–Crippen LogP) is 5.21. The first-order chi connectivity index (χ1) is 18.8. The van der Waals surface area contributed by atoms with E-state index in [1.807, 2.05) is 6.07 Å². The minimum absolute atomic E-state index is 0.000863. The van der Waals surface area contributed by atoms with Gasteiger partial charge in [0.05, 0.1) is 23.6 Å². The maximum Gasteiger partial charge on any atom is 0.325 e. The molecule has 0 bridgehead atoms. The molecule has 0 aromatic heterocycles. The molecule has 0 aliphatic carbocycles. The Morgan fingerprint density at radius 3 is 2.27 bits per heavy atom. The fraction of sp³-hybridized carbons (Fsp3) is 0.233. The molecule has 3 aromatic carbocycles. The highest BCUT2D eigenvalue weighted by Crippen LogP contribution is 2.31. The summed E-state index contributed by atoms with van der Waals surface area (Å²) in [6.07, 6.45) is 0. The molecule has 0 unspecified atom stereocenters. The van der Waals surface area contributed by atoms with Gasteiger partial charge >= 0.3 is 5.97 Å². The van der Waals surface area contributed by atoms with Gasteiger partial charge in [-0.25, -0.2) is 17.5 Å². The standard InChI is InChI=1S/C30H30FN3O5S/c1-20(23-10-8-9-21(17-23)18-32)28(31)29(36)34(19-27(35)39-5)24-15-13-22(14-16-24)25-11-6-7-12-26(25)40(37,38)33-30(2,3)4/h6-17,33H,19H2,1-5H3/b28-20+. The number of sulfonamides is 1. The molecule has 0 heterocycles. The van der Waals surface area contributed by atoms with Crippen LogP contribution in [0.2, 0.25) is 0 Å². The number of nitrogens with one attached hydrogen (secondary N) is 1. The molecule has 40 heavy (non-hydrogen) atoms. The highest BCUT2D eigenvalue weighted by atomic mass is 32.2. The van der Waals surface area contributed by atoms with E-state index in [1.54, 1.807) is 69.3 Å². The van der Waals surface area contributed by atoms with Crippen LogP contribution in [0.15, 0.2) is 83.5 Å². The van der Waals surface area contributed by atoms with Gasteiger partial charge in [0, 0.05) is 16.8 Å². The van der Waals surface area contributed by atoms with Crippen LogP contribution in [0, 0.1) is 11.3 Å². The number of esters is 1. The molecule has 0 atom stereocenters. The van der Waals surface area contributed by atoms with E-state index in [-0.39, 0.29) is 16.2 Å². The lowest BCUT2D eigenvalue weighted by Crippen LogP contribution is -2.40. The number of hydrogen-bond acceptors (Lipinski definition) is 6. The first-order valence-corrected chi connectivity index (χ1v) is 13.7. The van der Waals surface area contributed by atoms with E-state index in [0.717, 1.165) is 12.0 Å². The smallest absolute Gasteiger partial charge is 0.325 e. The quantitative estimate of drug-likeness (QED) is 0.297. The van der Waals surface area contributed by atoms with Gasteiger partial charge in [-0.2, -0.15) is 5.26 Å². The van der Waals surface area contributed by atoms with Crippen LogP contribution in [-0.2, 0) is 24.3 Å². The second-order valence-corrected chi connectivity index (χ2v) is 11.6. The van der Waals surface area contributed by atoms with E-state index >= 15 is 4.39 Å². The Morgan fingerprint density at radius 2 is 1.68 bits per heavy atom. The van der Waals surface area contributed by atoms with Gasteiger partial charge in [0.25, 0.3) is 5.91 Å². The van der Waals surface area contributed by atoms with Crippen LogP contribution in [0.25, 0.3) is 16.7 Å². The number of benzene rings is 3. The Kier molecular flexibility index (Phi) is 9.24. The number of anilines is 1. The van der Waals surface area contributed by atoms with Gasteiger partial charge in [-0.1, -0.05) is 42.5 Å². The molecule has 208 valence electrons. The molecule has 3 rings (SSSR count). The number of halogens is 1. The molecule has 0 radical (unpaired) electrons. The number of hydrogen-bond donors (Lipinski definition) is 1. The summed E-state index contributed by atoms with van der Waals surface area (Å²) in [5, 5.41) is 9.15. The van der Waals surface area contributed by atoms with Crippen LogP contribution < -0.4 is 9.62 Å². The lowest BCUT2D eigenvalue weighted by molar-refractivity contribution is -0.139.